The van der Waals surface area contributed by atoms with Crippen molar-refractivity contribution in [1.29, 1.82) is 0 Å². The molecule has 2 rings (SSSR count). The lowest BCUT2D eigenvalue weighted by atomic mass is 10.2. The second kappa shape index (κ2) is 5.84. The number of hydrogen-bond donors (Lipinski definition) is 2. The molecule has 0 bridgehead atoms. The van der Waals surface area contributed by atoms with Gasteiger partial charge in [-0.05, 0) is 31.5 Å². The fourth-order valence-corrected chi connectivity index (χ4v) is 1.79. The zero-order chi connectivity index (χ0) is 11.5. The number of rotatable bonds is 3. The zero-order valence-corrected chi connectivity index (χ0v) is 10.4. The van der Waals surface area contributed by atoms with Gasteiger partial charge >= 0.3 is 0 Å². The summed E-state index contributed by atoms with van der Waals surface area (Å²) in [6.45, 7) is 3.64. The third-order valence-electron chi connectivity index (χ3n) is 2.60. The number of halogens is 1. The molecule has 0 radical (unpaired) electrons. The molecule has 1 aromatic heterocycles. The van der Waals surface area contributed by atoms with Gasteiger partial charge < -0.3 is 15.8 Å². The Bertz CT molecular complexity index is 406. The molecule has 3 N–H and O–H groups in total. The molecular weight excluding hydrogens is 242 g/mol. The van der Waals surface area contributed by atoms with Crippen molar-refractivity contribution in [2.24, 2.45) is 5.73 Å². The monoisotopic (exact) mass is 257 g/mol. The zero-order valence-electron chi connectivity index (χ0n) is 9.60. The fourth-order valence-electron chi connectivity index (χ4n) is 1.79. The van der Waals surface area contributed by atoms with Crippen molar-refractivity contribution in [2.45, 2.75) is 19.4 Å². The minimum absolute atomic E-state index is 0. The summed E-state index contributed by atoms with van der Waals surface area (Å²) in [5.41, 5.74) is 6.22. The number of aromatic nitrogens is 1. The molecule has 1 aliphatic rings. The van der Waals surface area contributed by atoms with Crippen molar-refractivity contribution >= 4 is 18.3 Å². The van der Waals surface area contributed by atoms with Gasteiger partial charge in [0.2, 0.25) is 0 Å². The molecule has 5 nitrogen and oxygen atoms in total. The lowest BCUT2D eigenvalue weighted by Crippen LogP contribution is -2.20. The van der Waals surface area contributed by atoms with E-state index in [0.29, 0.717) is 11.4 Å². The number of hydrogen-bond acceptors (Lipinski definition) is 4. The number of pyridine rings is 1. The predicted molar refractivity (Wildman–Crippen MR) is 66.6 cm³/mol. The van der Waals surface area contributed by atoms with Crippen LogP contribution in [-0.2, 0) is 0 Å². The number of nitrogens with two attached hydrogens (primary N) is 1. The Labute approximate surface area is 106 Å². The van der Waals surface area contributed by atoms with E-state index in [1.165, 1.54) is 0 Å². The first-order chi connectivity index (χ1) is 7.66. The van der Waals surface area contributed by atoms with Gasteiger partial charge in [0, 0.05) is 6.54 Å². The van der Waals surface area contributed by atoms with Crippen LogP contribution in [0.25, 0.3) is 0 Å². The van der Waals surface area contributed by atoms with Crippen LogP contribution in [0.1, 0.15) is 22.5 Å². The maximum Gasteiger partial charge on any atom is 0.267 e. The topological polar surface area (TPSA) is 77.2 Å². The van der Waals surface area contributed by atoms with Gasteiger partial charge in [-0.3, -0.25) is 4.79 Å². The van der Waals surface area contributed by atoms with Gasteiger partial charge in [0.1, 0.15) is 17.5 Å². The van der Waals surface area contributed by atoms with E-state index < -0.39 is 5.91 Å². The summed E-state index contributed by atoms with van der Waals surface area (Å²) in [5.74, 6) is 0.183. The number of carbonyl (C=O) groups excluding carboxylic acids is 1. The van der Waals surface area contributed by atoms with Crippen LogP contribution in [0.5, 0.6) is 5.75 Å². The molecule has 1 aliphatic heterocycles. The molecule has 6 heteroatoms. The molecule has 0 aliphatic carbocycles. The number of aryl methyl sites for hydroxylation is 1. The number of amides is 1. The van der Waals surface area contributed by atoms with E-state index in [1.54, 1.807) is 19.2 Å². The molecular formula is C11H16ClN3O2. The molecule has 1 unspecified atom stereocenters. The molecule has 94 valence electrons. The van der Waals surface area contributed by atoms with Crippen LogP contribution in [0, 0.1) is 6.92 Å². The molecule has 17 heavy (non-hydrogen) atoms. The van der Waals surface area contributed by atoms with Crippen LogP contribution in [-0.4, -0.2) is 30.1 Å². The molecule has 1 fully saturated rings. The van der Waals surface area contributed by atoms with E-state index in [2.05, 4.69) is 10.3 Å². The largest absolute Gasteiger partial charge is 0.487 e. The van der Waals surface area contributed by atoms with Crippen LogP contribution >= 0.6 is 12.4 Å². The van der Waals surface area contributed by atoms with Gasteiger partial charge in [-0.25, -0.2) is 4.98 Å². The Morgan fingerprint density at radius 2 is 2.41 bits per heavy atom. The average molecular weight is 258 g/mol. The second-order valence-electron chi connectivity index (χ2n) is 3.93. The number of carbonyl (C=O) groups is 1. The van der Waals surface area contributed by atoms with E-state index in [0.717, 1.165) is 25.1 Å². The highest BCUT2D eigenvalue weighted by molar-refractivity contribution is 5.92. The summed E-state index contributed by atoms with van der Waals surface area (Å²) in [5, 5.41) is 3.22. The molecule has 0 saturated carbocycles. The van der Waals surface area contributed by atoms with Crippen molar-refractivity contribution in [1.82, 2.24) is 10.3 Å². The molecule has 1 aromatic rings. The summed E-state index contributed by atoms with van der Waals surface area (Å²) < 4.78 is 5.71. The van der Waals surface area contributed by atoms with E-state index in [1.807, 2.05) is 0 Å². The summed E-state index contributed by atoms with van der Waals surface area (Å²) >= 11 is 0. The normalized spacial score (nSPS) is 18.5. The van der Waals surface area contributed by atoms with Crippen LogP contribution < -0.4 is 15.8 Å². The maximum absolute atomic E-state index is 11.0. The van der Waals surface area contributed by atoms with Crippen LogP contribution in [0.15, 0.2) is 12.3 Å². The van der Waals surface area contributed by atoms with Gasteiger partial charge in [0.15, 0.2) is 0 Å². The van der Waals surface area contributed by atoms with E-state index in [9.17, 15) is 4.79 Å². The molecule has 0 spiro atoms. The SMILES string of the molecule is Cc1cc(OC2CCNC2)cnc1C(N)=O.Cl. The first kappa shape index (κ1) is 13.7. The number of nitrogens with zero attached hydrogens (tertiary/aromatic N) is 1. The number of ether oxygens (including phenoxy) is 1. The minimum Gasteiger partial charge on any atom is -0.487 e. The van der Waals surface area contributed by atoms with Crippen LogP contribution in [0.4, 0.5) is 0 Å². The molecule has 1 saturated heterocycles. The van der Waals surface area contributed by atoms with Crippen LogP contribution in [0.3, 0.4) is 0 Å². The fraction of sp³-hybridized carbons (Fsp3) is 0.455. The highest BCUT2D eigenvalue weighted by Crippen LogP contribution is 2.17. The van der Waals surface area contributed by atoms with Crippen molar-refractivity contribution in [2.75, 3.05) is 13.1 Å². The second-order valence-corrected chi connectivity index (χ2v) is 3.93. The Morgan fingerprint density at radius 1 is 1.65 bits per heavy atom. The summed E-state index contributed by atoms with van der Waals surface area (Å²) in [7, 11) is 0. The lowest BCUT2D eigenvalue weighted by Gasteiger charge is -2.13. The standard InChI is InChI=1S/C11H15N3O2.ClH/c1-7-4-9(6-14-10(7)11(12)15)16-8-2-3-13-5-8;/h4,6,8,13H,2-3,5H2,1H3,(H2,12,15);1H. The Morgan fingerprint density at radius 3 is 2.94 bits per heavy atom. The van der Waals surface area contributed by atoms with Gasteiger partial charge in [-0.2, -0.15) is 0 Å². The molecule has 1 amide bonds. The van der Waals surface area contributed by atoms with Crippen molar-refractivity contribution < 1.29 is 9.53 Å². The van der Waals surface area contributed by atoms with Gasteiger partial charge in [-0.1, -0.05) is 0 Å². The first-order valence-corrected chi connectivity index (χ1v) is 5.30. The van der Waals surface area contributed by atoms with E-state index in [-0.39, 0.29) is 18.5 Å². The lowest BCUT2D eigenvalue weighted by molar-refractivity contribution is 0.0995. The Hall–Kier alpha value is -1.33. The van der Waals surface area contributed by atoms with Gasteiger partial charge in [0.25, 0.3) is 5.91 Å². The van der Waals surface area contributed by atoms with Gasteiger partial charge in [-0.15, -0.1) is 12.4 Å². The third kappa shape index (κ3) is 3.31. The molecule has 2 heterocycles. The maximum atomic E-state index is 11.0. The highest BCUT2D eigenvalue weighted by atomic mass is 35.5. The summed E-state index contributed by atoms with van der Waals surface area (Å²) in [4.78, 5) is 15.0. The Balaban J connectivity index is 0.00000144. The highest BCUT2D eigenvalue weighted by Gasteiger charge is 2.16. The number of primary amides is 1. The third-order valence-corrected chi connectivity index (χ3v) is 2.60. The van der Waals surface area contributed by atoms with Gasteiger partial charge in [0.05, 0.1) is 6.20 Å². The molecule has 1 atom stereocenters. The summed E-state index contributed by atoms with van der Waals surface area (Å²) in [6, 6.07) is 1.80. The van der Waals surface area contributed by atoms with Crippen molar-refractivity contribution in [3.8, 4) is 5.75 Å². The molecule has 0 aromatic carbocycles. The quantitative estimate of drug-likeness (QED) is 0.834. The number of nitrogens with one attached hydrogen (secondary N) is 1. The smallest absolute Gasteiger partial charge is 0.267 e. The van der Waals surface area contributed by atoms with Crippen molar-refractivity contribution in [3.63, 3.8) is 0 Å². The van der Waals surface area contributed by atoms with Crippen LogP contribution in [0.2, 0.25) is 0 Å². The minimum atomic E-state index is -0.508. The predicted octanol–water partition coefficient (Wildman–Crippen LogP) is 0.651. The Kier molecular flexibility index (Phi) is 4.72. The average Bonchev–Trinajstić information content (AvgIpc) is 2.70. The van der Waals surface area contributed by atoms with E-state index in [4.69, 9.17) is 10.5 Å². The first-order valence-electron chi connectivity index (χ1n) is 5.30. The van der Waals surface area contributed by atoms with Crippen molar-refractivity contribution in [3.05, 3.63) is 23.5 Å². The summed E-state index contributed by atoms with van der Waals surface area (Å²) in [6.07, 6.45) is 2.74. The van der Waals surface area contributed by atoms with E-state index >= 15 is 0 Å².